The lowest BCUT2D eigenvalue weighted by Crippen LogP contribution is -2.26. The molecule has 2 N–H and O–H groups in total. The fourth-order valence-electron chi connectivity index (χ4n) is 1.99. The molecule has 23 heavy (non-hydrogen) atoms. The Kier molecular flexibility index (Phi) is 6.86. The Hall–Kier alpha value is -2.09. The number of tetrazole rings is 1. The molecular formula is C15H21N5O2S. The maximum absolute atomic E-state index is 11.8. The smallest absolute Gasteiger partial charge is 0.230 e. The number of unbranched alkanes of at least 4 members (excludes halogenated alkanes) is 3. The summed E-state index contributed by atoms with van der Waals surface area (Å²) in [5.74, 6) is 0.428. The van der Waals surface area contributed by atoms with Gasteiger partial charge in [-0.05, 0) is 41.1 Å². The first kappa shape index (κ1) is 17.3. The van der Waals surface area contributed by atoms with Crippen molar-refractivity contribution in [3.05, 3.63) is 24.3 Å². The molecule has 7 nitrogen and oxygen atoms in total. The minimum absolute atomic E-state index is 0.0215. The van der Waals surface area contributed by atoms with E-state index in [2.05, 4.69) is 27.8 Å². The van der Waals surface area contributed by atoms with Crippen molar-refractivity contribution in [2.75, 3.05) is 12.3 Å². The summed E-state index contributed by atoms with van der Waals surface area (Å²) in [5, 5.41) is 24.2. The molecule has 2 aromatic rings. The minimum atomic E-state index is -0.0215. The molecule has 2 rings (SSSR count). The molecule has 0 aliphatic heterocycles. The molecule has 0 fully saturated rings. The van der Waals surface area contributed by atoms with E-state index in [1.54, 1.807) is 28.9 Å². The van der Waals surface area contributed by atoms with Crippen molar-refractivity contribution in [2.24, 2.45) is 0 Å². The number of hydrogen-bond acceptors (Lipinski definition) is 6. The minimum Gasteiger partial charge on any atom is -0.508 e. The van der Waals surface area contributed by atoms with E-state index in [4.69, 9.17) is 0 Å². The van der Waals surface area contributed by atoms with Crippen LogP contribution in [-0.2, 0) is 4.79 Å². The molecule has 1 heterocycles. The first-order valence-corrected chi connectivity index (χ1v) is 8.66. The van der Waals surface area contributed by atoms with Gasteiger partial charge in [0.25, 0.3) is 0 Å². The summed E-state index contributed by atoms with van der Waals surface area (Å²) in [6.07, 6.45) is 4.54. The predicted octanol–water partition coefficient (Wildman–Crippen LogP) is 2.16. The summed E-state index contributed by atoms with van der Waals surface area (Å²) < 4.78 is 1.54. The second-order valence-corrected chi connectivity index (χ2v) is 6.03. The van der Waals surface area contributed by atoms with E-state index < -0.39 is 0 Å². The van der Waals surface area contributed by atoms with Gasteiger partial charge in [-0.15, -0.1) is 5.10 Å². The third-order valence-corrected chi connectivity index (χ3v) is 4.14. The number of aromatic hydroxyl groups is 1. The summed E-state index contributed by atoms with van der Waals surface area (Å²) in [6, 6.07) is 6.55. The van der Waals surface area contributed by atoms with E-state index >= 15 is 0 Å². The number of carbonyl (C=O) groups is 1. The largest absolute Gasteiger partial charge is 0.508 e. The fourth-order valence-corrected chi connectivity index (χ4v) is 2.71. The van der Waals surface area contributed by atoms with E-state index in [0.29, 0.717) is 11.7 Å². The zero-order chi connectivity index (χ0) is 16.5. The Bertz CT molecular complexity index is 615. The van der Waals surface area contributed by atoms with Crippen LogP contribution in [-0.4, -0.2) is 43.5 Å². The molecule has 0 saturated heterocycles. The predicted molar refractivity (Wildman–Crippen MR) is 88.7 cm³/mol. The van der Waals surface area contributed by atoms with Crippen LogP contribution in [0.25, 0.3) is 5.69 Å². The lowest BCUT2D eigenvalue weighted by molar-refractivity contribution is -0.118. The van der Waals surface area contributed by atoms with Gasteiger partial charge in [0.05, 0.1) is 11.4 Å². The topological polar surface area (TPSA) is 92.9 Å². The second-order valence-electron chi connectivity index (χ2n) is 5.09. The number of aromatic nitrogens is 4. The van der Waals surface area contributed by atoms with Crippen LogP contribution in [0.3, 0.4) is 0 Å². The fraction of sp³-hybridized carbons (Fsp3) is 0.467. The van der Waals surface area contributed by atoms with Crippen LogP contribution in [0, 0.1) is 0 Å². The van der Waals surface area contributed by atoms with Gasteiger partial charge in [0.2, 0.25) is 11.1 Å². The van der Waals surface area contributed by atoms with Crippen molar-refractivity contribution < 1.29 is 9.90 Å². The maximum atomic E-state index is 11.8. The van der Waals surface area contributed by atoms with Gasteiger partial charge in [-0.3, -0.25) is 4.79 Å². The number of phenolic OH excluding ortho intramolecular Hbond substituents is 1. The van der Waals surface area contributed by atoms with Crippen LogP contribution < -0.4 is 5.32 Å². The zero-order valence-electron chi connectivity index (χ0n) is 13.1. The first-order valence-electron chi connectivity index (χ1n) is 7.68. The Morgan fingerprint density at radius 2 is 2.04 bits per heavy atom. The Morgan fingerprint density at radius 1 is 1.26 bits per heavy atom. The van der Waals surface area contributed by atoms with E-state index in [9.17, 15) is 9.90 Å². The summed E-state index contributed by atoms with van der Waals surface area (Å²) in [6.45, 7) is 2.87. The van der Waals surface area contributed by atoms with Crippen LogP contribution in [0.5, 0.6) is 5.75 Å². The molecule has 8 heteroatoms. The van der Waals surface area contributed by atoms with Crippen LogP contribution >= 0.6 is 11.8 Å². The normalized spacial score (nSPS) is 10.7. The van der Waals surface area contributed by atoms with Crippen LogP contribution in [0.2, 0.25) is 0 Å². The highest BCUT2D eigenvalue weighted by Gasteiger charge is 2.11. The number of phenols is 1. The van der Waals surface area contributed by atoms with Crippen molar-refractivity contribution in [1.82, 2.24) is 25.5 Å². The molecule has 1 aromatic carbocycles. The molecule has 0 bridgehead atoms. The third kappa shape index (κ3) is 5.55. The quantitative estimate of drug-likeness (QED) is 0.539. The van der Waals surface area contributed by atoms with Gasteiger partial charge < -0.3 is 10.4 Å². The summed E-state index contributed by atoms with van der Waals surface area (Å²) in [4.78, 5) is 11.8. The number of amides is 1. The standard InChI is InChI=1S/C15H21N5O2S/c1-2-3-4-5-10-16-14(22)11-23-15-17-18-19-20(15)12-6-8-13(21)9-7-12/h6-9,21H,2-5,10-11H2,1H3,(H,16,22). The van der Waals surface area contributed by atoms with Crippen molar-refractivity contribution in [3.8, 4) is 11.4 Å². The Balaban J connectivity index is 1.81. The molecule has 1 amide bonds. The number of carbonyl (C=O) groups excluding carboxylic acids is 1. The van der Waals surface area contributed by atoms with Gasteiger partial charge >= 0.3 is 0 Å². The molecule has 0 unspecified atom stereocenters. The summed E-state index contributed by atoms with van der Waals surface area (Å²) >= 11 is 1.28. The average Bonchev–Trinajstić information content (AvgIpc) is 3.02. The summed E-state index contributed by atoms with van der Waals surface area (Å²) in [7, 11) is 0. The lowest BCUT2D eigenvalue weighted by atomic mass is 10.2. The number of nitrogens with one attached hydrogen (secondary N) is 1. The summed E-state index contributed by atoms with van der Waals surface area (Å²) in [5.41, 5.74) is 0.732. The molecule has 0 aliphatic carbocycles. The van der Waals surface area contributed by atoms with Gasteiger partial charge in [-0.2, -0.15) is 4.68 Å². The number of hydrogen-bond donors (Lipinski definition) is 2. The SMILES string of the molecule is CCCCCCNC(=O)CSc1nnnn1-c1ccc(O)cc1. The highest BCUT2D eigenvalue weighted by atomic mass is 32.2. The second kappa shape index (κ2) is 9.14. The Labute approximate surface area is 139 Å². The number of thioether (sulfide) groups is 1. The first-order chi connectivity index (χ1) is 11.2. The molecule has 0 radical (unpaired) electrons. The Morgan fingerprint density at radius 3 is 2.78 bits per heavy atom. The van der Waals surface area contributed by atoms with Gasteiger partial charge in [0.15, 0.2) is 0 Å². The molecule has 124 valence electrons. The van der Waals surface area contributed by atoms with E-state index in [0.717, 1.165) is 18.5 Å². The maximum Gasteiger partial charge on any atom is 0.230 e. The molecule has 0 aliphatic rings. The number of benzene rings is 1. The van der Waals surface area contributed by atoms with Crippen molar-refractivity contribution in [1.29, 1.82) is 0 Å². The van der Waals surface area contributed by atoms with E-state index in [1.165, 1.54) is 24.6 Å². The van der Waals surface area contributed by atoms with Crippen LogP contribution in [0.1, 0.15) is 32.6 Å². The number of rotatable bonds is 9. The van der Waals surface area contributed by atoms with Crippen molar-refractivity contribution in [3.63, 3.8) is 0 Å². The van der Waals surface area contributed by atoms with Crippen molar-refractivity contribution >= 4 is 17.7 Å². The van der Waals surface area contributed by atoms with Gasteiger partial charge in [-0.1, -0.05) is 37.9 Å². The average molecular weight is 335 g/mol. The highest BCUT2D eigenvalue weighted by molar-refractivity contribution is 7.99. The van der Waals surface area contributed by atoms with E-state index in [1.807, 2.05) is 0 Å². The van der Waals surface area contributed by atoms with Crippen LogP contribution in [0.4, 0.5) is 0 Å². The molecule has 0 spiro atoms. The zero-order valence-corrected chi connectivity index (χ0v) is 13.9. The highest BCUT2D eigenvalue weighted by Crippen LogP contribution is 2.19. The van der Waals surface area contributed by atoms with Gasteiger partial charge in [0.1, 0.15) is 5.75 Å². The molecular weight excluding hydrogens is 314 g/mol. The van der Waals surface area contributed by atoms with Crippen molar-refractivity contribution in [2.45, 2.75) is 37.8 Å². The monoisotopic (exact) mass is 335 g/mol. The number of nitrogens with zero attached hydrogens (tertiary/aromatic N) is 4. The van der Waals surface area contributed by atoms with Gasteiger partial charge in [0, 0.05) is 6.54 Å². The molecule has 1 aromatic heterocycles. The lowest BCUT2D eigenvalue weighted by Gasteiger charge is -2.06. The molecule has 0 atom stereocenters. The van der Waals surface area contributed by atoms with Crippen LogP contribution in [0.15, 0.2) is 29.4 Å². The molecule has 0 saturated carbocycles. The third-order valence-electron chi connectivity index (χ3n) is 3.22. The van der Waals surface area contributed by atoms with E-state index in [-0.39, 0.29) is 17.4 Å². The van der Waals surface area contributed by atoms with Gasteiger partial charge in [-0.25, -0.2) is 0 Å².